The highest BCUT2D eigenvalue weighted by atomic mass is 19.4. The average Bonchev–Trinajstić information content (AvgIpc) is 2.91. The normalized spacial score (nSPS) is 11.7. The number of benzene rings is 1. The molecule has 11 heteroatoms. The summed E-state index contributed by atoms with van der Waals surface area (Å²) in [6.45, 7) is -0.422. The second kappa shape index (κ2) is 6.00. The summed E-state index contributed by atoms with van der Waals surface area (Å²) in [5, 5.41) is 9.65. The summed E-state index contributed by atoms with van der Waals surface area (Å²) in [4.78, 5) is 28.2. The van der Waals surface area contributed by atoms with Crippen LogP contribution in [0.1, 0.15) is 5.56 Å². The van der Waals surface area contributed by atoms with Gasteiger partial charge in [-0.15, -0.1) is 5.10 Å². The number of carbonyl (C=O) groups is 1. The maximum atomic E-state index is 12.7. The van der Waals surface area contributed by atoms with E-state index in [1.165, 1.54) is 16.8 Å². The number of anilines is 1. The Hall–Kier alpha value is -3.24. The zero-order valence-electron chi connectivity index (χ0n) is 12.8. The minimum Gasteiger partial charge on any atom is -0.325 e. The number of rotatable bonds is 3. The first-order chi connectivity index (χ1) is 11.8. The van der Waals surface area contributed by atoms with Gasteiger partial charge in [0.1, 0.15) is 12.9 Å². The smallest absolute Gasteiger partial charge is 0.325 e. The number of hydrogen-bond acceptors (Lipinski definition) is 5. The summed E-state index contributed by atoms with van der Waals surface area (Å²) in [6, 6.07) is 4.20. The molecule has 0 radical (unpaired) electrons. The molecule has 0 aliphatic heterocycles. The summed E-state index contributed by atoms with van der Waals surface area (Å²) in [6.07, 6.45) is -3.36. The van der Waals surface area contributed by atoms with Gasteiger partial charge in [0.25, 0.3) is 5.56 Å². The molecule has 2 heterocycles. The highest BCUT2D eigenvalue weighted by molar-refractivity contribution is 5.90. The van der Waals surface area contributed by atoms with Crippen LogP contribution in [0.3, 0.4) is 0 Å². The second-order valence-corrected chi connectivity index (χ2v) is 5.19. The van der Waals surface area contributed by atoms with Crippen LogP contribution < -0.4 is 10.9 Å². The molecule has 0 aliphatic carbocycles. The van der Waals surface area contributed by atoms with Crippen molar-refractivity contribution in [3.05, 3.63) is 46.5 Å². The van der Waals surface area contributed by atoms with Crippen LogP contribution in [0.25, 0.3) is 11.2 Å². The van der Waals surface area contributed by atoms with Crippen LogP contribution in [0.5, 0.6) is 0 Å². The van der Waals surface area contributed by atoms with Crippen molar-refractivity contribution in [1.29, 1.82) is 0 Å². The van der Waals surface area contributed by atoms with Crippen LogP contribution in [-0.4, -0.2) is 30.5 Å². The number of amides is 1. The first-order valence-corrected chi connectivity index (χ1v) is 6.97. The molecular formula is C14H11F3N6O2. The van der Waals surface area contributed by atoms with Gasteiger partial charge < -0.3 is 5.32 Å². The lowest BCUT2D eigenvalue weighted by Crippen LogP contribution is -2.28. The Bertz CT molecular complexity index is 1010. The molecule has 0 unspecified atom stereocenters. The molecule has 0 spiro atoms. The molecule has 3 aromatic rings. The van der Waals surface area contributed by atoms with E-state index in [9.17, 15) is 22.8 Å². The first kappa shape index (κ1) is 16.6. The Morgan fingerprint density at radius 1 is 1.32 bits per heavy atom. The predicted octanol–water partition coefficient (Wildman–Crippen LogP) is 1.18. The van der Waals surface area contributed by atoms with Gasteiger partial charge in [-0.3, -0.25) is 14.2 Å². The van der Waals surface area contributed by atoms with E-state index in [-0.39, 0.29) is 16.9 Å². The van der Waals surface area contributed by atoms with E-state index < -0.39 is 29.8 Å². The van der Waals surface area contributed by atoms with E-state index in [0.717, 1.165) is 23.0 Å². The fourth-order valence-electron chi connectivity index (χ4n) is 2.19. The Balaban J connectivity index is 1.79. The van der Waals surface area contributed by atoms with E-state index in [1.54, 1.807) is 7.05 Å². The first-order valence-electron chi connectivity index (χ1n) is 6.97. The number of nitrogens with one attached hydrogen (secondary N) is 1. The number of hydrogen-bond donors (Lipinski definition) is 1. The third-order valence-corrected chi connectivity index (χ3v) is 3.37. The fraction of sp³-hybridized carbons (Fsp3) is 0.214. The van der Waals surface area contributed by atoms with E-state index in [2.05, 4.69) is 20.6 Å². The summed E-state index contributed by atoms with van der Waals surface area (Å²) in [5.41, 5.74) is -1.22. The summed E-state index contributed by atoms with van der Waals surface area (Å²) in [7, 11) is 1.56. The molecule has 0 saturated carbocycles. The standard InChI is InChI=1S/C14H11F3N6O2/c1-22-12-11(20-21-22)13(25)23(7-18-12)6-10(24)19-9-4-2-3-8(5-9)14(15,16)17/h2-5,7H,6H2,1H3,(H,19,24). The van der Waals surface area contributed by atoms with Crippen molar-refractivity contribution in [2.24, 2.45) is 7.05 Å². The van der Waals surface area contributed by atoms with Crippen LogP contribution in [0.2, 0.25) is 0 Å². The third-order valence-electron chi connectivity index (χ3n) is 3.37. The van der Waals surface area contributed by atoms with Gasteiger partial charge in [0.15, 0.2) is 11.2 Å². The largest absolute Gasteiger partial charge is 0.416 e. The van der Waals surface area contributed by atoms with Gasteiger partial charge in [-0.25, -0.2) is 9.67 Å². The molecule has 130 valence electrons. The lowest BCUT2D eigenvalue weighted by Gasteiger charge is -2.10. The molecule has 2 aromatic heterocycles. The van der Waals surface area contributed by atoms with E-state index in [1.807, 2.05) is 0 Å². The Labute approximate surface area is 137 Å². The van der Waals surface area contributed by atoms with Gasteiger partial charge in [-0.05, 0) is 18.2 Å². The van der Waals surface area contributed by atoms with Gasteiger partial charge in [-0.1, -0.05) is 11.3 Å². The molecule has 0 fully saturated rings. The van der Waals surface area contributed by atoms with Crippen LogP contribution in [-0.2, 0) is 24.6 Å². The number of carbonyl (C=O) groups excluding carboxylic acids is 1. The van der Waals surface area contributed by atoms with Crippen molar-refractivity contribution in [3.8, 4) is 0 Å². The van der Waals surface area contributed by atoms with Crippen molar-refractivity contribution in [3.63, 3.8) is 0 Å². The summed E-state index contributed by atoms with van der Waals surface area (Å²) in [5.74, 6) is -0.675. The second-order valence-electron chi connectivity index (χ2n) is 5.19. The topological polar surface area (TPSA) is 94.7 Å². The van der Waals surface area contributed by atoms with Gasteiger partial charge in [0.2, 0.25) is 5.91 Å². The van der Waals surface area contributed by atoms with Crippen LogP contribution in [0, 0.1) is 0 Å². The van der Waals surface area contributed by atoms with Gasteiger partial charge in [-0.2, -0.15) is 13.2 Å². The molecule has 0 atom stereocenters. The predicted molar refractivity (Wildman–Crippen MR) is 80.6 cm³/mol. The molecular weight excluding hydrogens is 341 g/mol. The summed E-state index contributed by atoms with van der Waals surface area (Å²) >= 11 is 0. The average molecular weight is 352 g/mol. The number of fused-ring (bicyclic) bond motifs is 1. The molecule has 1 aromatic carbocycles. The maximum absolute atomic E-state index is 12.7. The molecule has 0 saturated heterocycles. The van der Waals surface area contributed by atoms with E-state index >= 15 is 0 Å². The Morgan fingerprint density at radius 3 is 2.80 bits per heavy atom. The lowest BCUT2D eigenvalue weighted by atomic mass is 10.2. The highest BCUT2D eigenvalue weighted by Gasteiger charge is 2.30. The molecule has 0 aliphatic rings. The van der Waals surface area contributed by atoms with Gasteiger partial charge >= 0.3 is 6.18 Å². The maximum Gasteiger partial charge on any atom is 0.416 e. The molecule has 0 bridgehead atoms. The molecule has 8 nitrogen and oxygen atoms in total. The van der Waals surface area contributed by atoms with Crippen molar-refractivity contribution >= 4 is 22.8 Å². The zero-order chi connectivity index (χ0) is 18.2. The molecule has 1 amide bonds. The van der Waals surface area contributed by atoms with Crippen molar-refractivity contribution in [2.75, 3.05) is 5.32 Å². The van der Waals surface area contributed by atoms with Gasteiger partial charge in [0.05, 0.1) is 5.56 Å². The van der Waals surface area contributed by atoms with Crippen molar-refractivity contribution < 1.29 is 18.0 Å². The van der Waals surface area contributed by atoms with Crippen molar-refractivity contribution in [1.82, 2.24) is 24.5 Å². The number of aryl methyl sites for hydroxylation is 1. The van der Waals surface area contributed by atoms with E-state index in [0.29, 0.717) is 0 Å². The molecule has 25 heavy (non-hydrogen) atoms. The van der Waals surface area contributed by atoms with Crippen LogP contribution in [0.4, 0.5) is 18.9 Å². The van der Waals surface area contributed by atoms with Crippen LogP contribution >= 0.6 is 0 Å². The Morgan fingerprint density at radius 2 is 2.08 bits per heavy atom. The molecule has 3 rings (SSSR count). The summed E-state index contributed by atoms with van der Waals surface area (Å²) < 4.78 is 40.3. The van der Waals surface area contributed by atoms with Gasteiger partial charge in [0, 0.05) is 12.7 Å². The fourth-order valence-corrected chi connectivity index (χ4v) is 2.19. The number of aromatic nitrogens is 5. The SMILES string of the molecule is Cn1nnc2c(=O)n(CC(=O)Nc3cccc(C(F)(F)F)c3)cnc21. The monoisotopic (exact) mass is 352 g/mol. The number of halogens is 3. The third kappa shape index (κ3) is 3.34. The van der Waals surface area contributed by atoms with Crippen molar-refractivity contribution in [2.45, 2.75) is 12.7 Å². The Kier molecular flexibility index (Phi) is 3.99. The number of alkyl halides is 3. The molecule has 1 N–H and O–H groups in total. The quantitative estimate of drug-likeness (QED) is 0.764. The number of nitrogens with zero attached hydrogens (tertiary/aromatic N) is 5. The van der Waals surface area contributed by atoms with E-state index in [4.69, 9.17) is 0 Å². The highest BCUT2D eigenvalue weighted by Crippen LogP contribution is 2.30. The minimum atomic E-state index is -4.52. The lowest BCUT2D eigenvalue weighted by molar-refractivity contribution is -0.137. The van der Waals surface area contributed by atoms with Crippen LogP contribution in [0.15, 0.2) is 35.4 Å². The minimum absolute atomic E-state index is 0.00290. The zero-order valence-corrected chi connectivity index (χ0v) is 12.8.